The van der Waals surface area contributed by atoms with E-state index in [1.807, 2.05) is 62.4 Å². The van der Waals surface area contributed by atoms with Crippen LogP contribution in [-0.2, 0) is 6.54 Å². The minimum atomic E-state index is -0.327. The molecule has 4 rings (SSSR count). The molecule has 4 aromatic rings. The molecule has 0 aliphatic rings. The lowest BCUT2D eigenvalue weighted by molar-refractivity contribution is 0.0937. The van der Waals surface area contributed by atoms with Gasteiger partial charge in [0.25, 0.3) is 5.91 Å². The number of aryl methyl sites for hydroxylation is 1. The van der Waals surface area contributed by atoms with Crippen molar-refractivity contribution in [1.82, 2.24) is 14.9 Å². The van der Waals surface area contributed by atoms with Crippen molar-refractivity contribution >= 4 is 16.9 Å². The van der Waals surface area contributed by atoms with Crippen molar-refractivity contribution in [3.05, 3.63) is 83.7 Å². The molecule has 176 valence electrons. The van der Waals surface area contributed by atoms with Crippen LogP contribution >= 0.6 is 0 Å². The van der Waals surface area contributed by atoms with E-state index in [1.54, 1.807) is 32.4 Å². The lowest BCUT2D eigenvalue weighted by Crippen LogP contribution is -2.29. The van der Waals surface area contributed by atoms with E-state index >= 15 is 0 Å². The van der Waals surface area contributed by atoms with E-state index in [9.17, 15) is 4.79 Å². The third-order valence-electron chi connectivity index (χ3n) is 5.67. The van der Waals surface area contributed by atoms with Gasteiger partial charge in [0, 0.05) is 5.56 Å². The van der Waals surface area contributed by atoms with E-state index in [2.05, 4.69) is 9.88 Å². The van der Waals surface area contributed by atoms with E-state index < -0.39 is 0 Å². The second-order valence-electron chi connectivity index (χ2n) is 8.04. The van der Waals surface area contributed by atoms with E-state index in [-0.39, 0.29) is 11.9 Å². The number of aromatic nitrogens is 2. The summed E-state index contributed by atoms with van der Waals surface area (Å²) < 4.78 is 18.6. The topological polar surface area (TPSA) is 74.6 Å². The number of benzene rings is 3. The lowest BCUT2D eigenvalue weighted by Gasteiger charge is -2.17. The summed E-state index contributed by atoms with van der Waals surface area (Å²) in [7, 11) is 3.11. The number of hydrogen-bond donors (Lipinski definition) is 1. The van der Waals surface area contributed by atoms with E-state index in [0.717, 1.165) is 22.6 Å². The molecule has 7 heteroatoms. The maximum atomic E-state index is 13.0. The van der Waals surface area contributed by atoms with Gasteiger partial charge in [-0.2, -0.15) is 0 Å². The predicted molar refractivity (Wildman–Crippen MR) is 132 cm³/mol. The summed E-state index contributed by atoms with van der Waals surface area (Å²) >= 11 is 0. The van der Waals surface area contributed by atoms with Crippen LogP contribution in [0.25, 0.3) is 11.0 Å². The van der Waals surface area contributed by atoms with E-state index in [1.165, 1.54) is 5.56 Å². The molecule has 0 fully saturated rings. The Morgan fingerprint density at radius 1 is 1.00 bits per heavy atom. The van der Waals surface area contributed by atoms with Gasteiger partial charge >= 0.3 is 0 Å². The van der Waals surface area contributed by atoms with Gasteiger partial charge in [-0.3, -0.25) is 4.79 Å². The van der Waals surface area contributed by atoms with Crippen molar-refractivity contribution in [3.63, 3.8) is 0 Å². The number of carbonyl (C=O) groups excluding carboxylic acids is 1. The van der Waals surface area contributed by atoms with Crippen LogP contribution in [-0.4, -0.2) is 36.3 Å². The number of imidazole rings is 1. The van der Waals surface area contributed by atoms with Crippen molar-refractivity contribution in [1.29, 1.82) is 0 Å². The minimum absolute atomic E-state index is 0.219. The Morgan fingerprint density at radius 3 is 2.47 bits per heavy atom. The highest BCUT2D eigenvalue weighted by Gasteiger charge is 2.20. The fourth-order valence-electron chi connectivity index (χ4n) is 3.87. The van der Waals surface area contributed by atoms with Gasteiger partial charge < -0.3 is 24.1 Å². The molecule has 1 atom stereocenters. The van der Waals surface area contributed by atoms with Gasteiger partial charge in [0.2, 0.25) is 0 Å². The molecule has 1 N–H and O–H groups in total. The number of amides is 1. The number of carbonyl (C=O) groups is 1. The van der Waals surface area contributed by atoms with Crippen LogP contribution in [0.3, 0.4) is 0 Å². The molecule has 1 heterocycles. The molecule has 0 radical (unpaired) electrons. The Bertz CT molecular complexity index is 1280. The number of para-hydroxylation sites is 2. The standard InChI is InChI=1S/C27H29N3O4/c1-18-9-12-21(13-10-18)34-16-15-30-23-8-6-5-7-22(23)29-26(30)19(2)28-27(31)20-11-14-24(32-3)25(17-20)33-4/h5-14,17,19H,15-16H2,1-4H3,(H,28,31). The van der Waals surface area contributed by atoms with Crippen LogP contribution in [0.5, 0.6) is 17.2 Å². The van der Waals surface area contributed by atoms with Gasteiger partial charge in [-0.25, -0.2) is 4.98 Å². The summed E-state index contributed by atoms with van der Waals surface area (Å²) in [5.74, 6) is 2.45. The molecule has 1 aromatic heterocycles. The average Bonchev–Trinajstić information content (AvgIpc) is 3.23. The van der Waals surface area contributed by atoms with Crippen molar-refractivity contribution in [2.24, 2.45) is 0 Å². The number of nitrogens with one attached hydrogen (secondary N) is 1. The zero-order valence-electron chi connectivity index (χ0n) is 19.9. The molecule has 0 aliphatic heterocycles. The van der Waals surface area contributed by atoms with E-state index in [4.69, 9.17) is 19.2 Å². The highest BCUT2D eigenvalue weighted by molar-refractivity contribution is 5.95. The number of ether oxygens (including phenoxy) is 3. The Hall–Kier alpha value is -4.00. The van der Waals surface area contributed by atoms with Crippen molar-refractivity contribution in [2.45, 2.75) is 26.4 Å². The lowest BCUT2D eigenvalue weighted by atomic mass is 10.1. The predicted octanol–water partition coefficient (Wildman–Crippen LogP) is 4.93. The largest absolute Gasteiger partial charge is 0.493 e. The smallest absolute Gasteiger partial charge is 0.251 e. The normalized spacial score (nSPS) is 11.8. The molecule has 0 saturated heterocycles. The first kappa shape index (κ1) is 23.2. The Morgan fingerprint density at radius 2 is 1.74 bits per heavy atom. The van der Waals surface area contributed by atoms with Gasteiger partial charge in [0.1, 0.15) is 18.2 Å². The first-order valence-corrected chi connectivity index (χ1v) is 11.2. The number of rotatable bonds is 9. The molecular weight excluding hydrogens is 430 g/mol. The molecule has 0 bridgehead atoms. The molecule has 7 nitrogen and oxygen atoms in total. The molecule has 1 amide bonds. The molecule has 0 saturated carbocycles. The number of methoxy groups -OCH3 is 2. The Kier molecular flexibility index (Phi) is 7.01. The first-order valence-electron chi connectivity index (χ1n) is 11.2. The highest BCUT2D eigenvalue weighted by Crippen LogP contribution is 2.28. The van der Waals surface area contributed by atoms with Crippen LogP contribution in [0.4, 0.5) is 0 Å². The summed E-state index contributed by atoms with van der Waals surface area (Å²) in [5, 5.41) is 3.06. The maximum Gasteiger partial charge on any atom is 0.251 e. The van der Waals surface area contributed by atoms with Crippen molar-refractivity contribution in [2.75, 3.05) is 20.8 Å². The summed E-state index contributed by atoms with van der Waals surface area (Å²) in [6.07, 6.45) is 0. The fourth-order valence-corrected chi connectivity index (χ4v) is 3.87. The molecule has 0 spiro atoms. The maximum absolute atomic E-state index is 13.0. The molecule has 0 aliphatic carbocycles. The van der Waals surface area contributed by atoms with Gasteiger partial charge in [-0.15, -0.1) is 0 Å². The monoisotopic (exact) mass is 459 g/mol. The molecule has 3 aromatic carbocycles. The molecular formula is C27H29N3O4. The second kappa shape index (κ2) is 10.3. The molecule has 34 heavy (non-hydrogen) atoms. The van der Waals surface area contributed by atoms with Crippen LogP contribution in [0.1, 0.15) is 34.7 Å². The zero-order valence-corrected chi connectivity index (χ0v) is 19.9. The number of hydrogen-bond acceptors (Lipinski definition) is 5. The van der Waals surface area contributed by atoms with Crippen molar-refractivity contribution in [3.8, 4) is 17.2 Å². The Labute approximate surface area is 199 Å². The Balaban J connectivity index is 1.53. The van der Waals surface area contributed by atoms with Crippen LogP contribution < -0.4 is 19.5 Å². The zero-order chi connectivity index (χ0) is 24.1. The van der Waals surface area contributed by atoms with Crippen LogP contribution in [0.2, 0.25) is 0 Å². The summed E-state index contributed by atoms with van der Waals surface area (Å²) in [5.41, 5.74) is 3.54. The summed E-state index contributed by atoms with van der Waals surface area (Å²) in [6.45, 7) is 5.05. The minimum Gasteiger partial charge on any atom is -0.493 e. The third-order valence-corrected chi connectivity index (χ3v) is 5.67. The van der Waals surface area contributed by atoms with Gasteiger partial charge in [-0.1, -0.05) is 29.8 Å². The fraction of sp³-hybridized carbons (Fsp3) is 0.259. The van der Waals surface area contributed by atoms with Gasteiger partial charge in [0.05, 0.1) is 37.8 Å². The van der Waals surface area contributed by atoms with Gasteiger partial charge in [0.15, 0.2) is 11.5 Å². The first-order chi connectivity index (χ1) is 16.5. The SMILES string of the molecule is COc1ccc(C(=O)NC(C)c2nc3ccccc3n2CCOc2ccc(C)cc2)cc1OC. The van der Waals surface area contributed by atoms with Crippen LogP contribution in [0.15, 0.2) is 66.7 Å². The average molecular weight is 460 g/mol. The third kappa shape index (κ3) is 4.98. The quantitative estimate of drug-likeness (QED) is 0.384. The number of nitrogens with zero attached hydrogens (tertiary/aromatic N) is 2. The highest BCUT2D eigenvalue weighted by atomic mass is 16.5. The second-order valence-corrected chi connectivity index (χ2v) is 8.04. The number of fused-ring (bicyclic) bond motifs is 1. The van der Waals surface area contributed by atoms with E-state index in [0.29, 0.717) is 30.2 Å². The van der Waals surface area contributed by atoms with Crippen molar-refractivity contribution < 1.29 is 19.0 Å². The summed E-state index contributed by atoms with van der Waals surface area (Å²) in [6, 6.07) is 20.7. The van der Waals surface area contributed by atoms with Crippen LogP contribution in [0, 0.1) is 6.92 Å². The molecule has 1 unspecified atom stereocenters. The van der Waals surface area contributed by atoms with Gasteiger partial charge in [-0.05, 0) is 56.3 Å². The summed E-state index contributed by atoms with van der Waals surface area (Å²) in [4.78, 5) is 17.8.